The molecule has 0 aliphatic rings. The Morgan fingerprint density at radius 1 is 1.21 bits per heavy atom. The van der Waals surface area contributed by atoms with E-state index in [0.717, 1.165) is 16.3 Å². The van der Waals surface area contributed by atoms with E-state index >= 15 is 0 Å². The van der Waals surface area contributed by atoms with E-state index in [4.69, 9.17) is 0 Å². The van der Waals surface area contributed by atoms with Crippen LogP contribution in [0.25, 0.3) is 0 Å². The summed E-state index contributed by atoms with van der Waals surface area (Å²) >= 11 is 1.67. The van der Waals surface area contributed by atoms with E-state index in [-0.39, 0.29) is 0 Å². The maximum atomic E-state index is 9.74. The molecule has 0 saturated heterocycles. The molecule has 0 aliphatic heterocycles. The zero-order valence-corrected chi connectivity index (χ0v) is 12.4. The largest absolute Gasteiger partial charge is 0.389 e. The summed E-state index contributed by atoms with van der Waals surface area (Å²) < 4.78 is 0. The standard InChI is InChI=1S/C16H19NOS/c1-11-7-12(2)9-14(8-11)10-19-16-15(13(3)18)5-4-6-17-16/h4-9,13,18H,10H2,1-3H3/t13-/m0/s1. The maximum Gasteiger partial charge on any atom is 0.102 e. The van der Waals surface area contributed by atoms with Crippen LogP contribution in [0.15, 0.2) is 41.6 Å². The zero-order valence-electron chi connectivity index (χ0n) is 11.6. The fourth-order valence-electron chi connectivity index (χ4n) is 2.15. The van der Waals surface area contributed by atoms with Gasteiger partial charge in [0, 0.05) is 17.5 Å². The Bertz CT molecular complexity index is 546. The molecule has 0 fully saturated rings. The van der Waals surface area contributed by atoms with Crippen LogP contribution in [0.4, 0.5) is 0 Å². The van der Waals surface area contributed by atoms with Crippen molar-refractivity contribution < 1.29 is 5.11 Å². The molecule has 0 saturated carbocycles. The van der Waals surface area contributed by atoms with Crippen LogP contribution in [0, 0.1) is 13.8 Å². The van der Waals surface area contributed by atoms with Crippen molar-refractivity contribution in [2.24, 2.45) is 0 Å². The van der Waals surface area contributed by atoms with E-state index in [0.29, 0.717) is 0 Å². The Morgan fingerprint density at radius 2 is 1.89 bits per heavy atom. The first-order valence-electron chi connectivity index (χ1n) is 6.39. The molecule has 1 atom stereocenters. The zero-order chi connectivity index (χ0) is 13.8. The second-order valence-corrected chi connectivity index (χ2v) is 5.82. The molecule has 100 valence electrons. The summed E-state index contributed by atoms with van der Waals surface area (Å²) in [6.07, 6.45) is 1.30. The first kappa shape index (κ1) is 14.1. The van der Waals surface area contributed by atoms with Crippen LogP contribution in [-0.2, 0) is 5.75 Å². The Hall–Kier alpha value is -1.32. The second-order valence-electron chi connectivity index (χ2n) is 4.86. The van der Waals surface area contributed by atoms with Gasteiger partial charge >= 0.3 is 0 Å². The molecule has 1 heterocycles. The molecule has 2 rings (SSSR count). The number of hydrogen-bond acceptors (Lipinski definition) is 3. The topological polar surface area (TPSA) is 33.1 Å². The number of hydrogen-bond donors (Lipinski definition) is 1. The average molecular weight is 273 g/mol. The quantitative estimate of drug-likeness (QED) is 0.853. The van der Waals surface area contributed by atoms with E-state index < -0.39 is 6.10 Å². The van der Waals surface area contributed by atoms with Gasteiger partial charge in [-0.05, 0) is 32.4 Å². The summed E-state index contributed by atoms with van der Waals surface area (Å²) in [6, 6.07) is 10.4. The number of thioether (sulfide) groups is 1. The fourth-order valence-corrected chi connectivity index (χ4v) is 3.16. The molecule has 0 radical (unpaired) electrons. The Kier molecular flexibility index (Phi) is 4.61. The highest BCUT2D eigenvalue weighted by molar-refractivity contribution is 7.98. The molecule has 1 aromatic heterocycles. The van der Waals surface area contributed by atoms with Crippen molar-refractivity contribution in [2.75, 3.05) is 0 Å². The van der Waals surface area contributed by atoms with E-state index in [1.54, 1.807) is 24.9 Å². The van der Waals surface area contributed by atoms with Gasteiger partial charge in [-0.2, -0.15) is 0 Å². The molecular weight excluding hydrogens is 254 g/mol. The van der Waals surface area contributed by atoms with E-state index in [1.165, 1.54) is 16.7 Å². The molecule has 3 heteroatoms. The lowest BCUT2D eigenvalue weighted by Gasteiger charge is -2.10. The fraction of sp³-hybridized carbons (Fsp3) is 0.312. The van der Waals surface area contributed by atoms with Crippen LogP contribution in [-0.4, -0.2) is 10.1 Å². The van der Waals surface area contributed by atoms with Crippen molar-refractivity contribution in [3.8, 4) is 0 Å². The maximum absolute atomic E-state index is 9.74. The van der Waals surface area contributed by atoms with Crippen LogP contribution in [0.2, 0.25) is 0 Å². The SMILES string of the molecule is Cc1cc(C)cc(CSc2ncccc2[C@H](C)O)c1. The molecule has 19 heavy (non-hydrogen) atoms. The number of pyridine rings is 1. The monoisotopic (exact) mass is 273 g/mol. The van der Waals surface area contributed by atoms with Gasteiger partial charge in [0.2, 0.25) is 0 Å². The minimum absolute atomic E-state index is 0.476. The summed E-state index contributed by atoms with van der Waals surface area (Å²) in [5, 5.41) is 10.7. The summed E-state index contributed by atoms with van der Waals surface area (Å²) in [4.78, 5) is 4.36. The van der Waals surface area contributed by atoms with Gasteiger partial charge in [-0.3, -0.25) is 0 Å². The van der Waals surface area contributed by atoms with Crippen LogP contribution >= 0.6 is 11.8 Å². The van der Waals surface area contributed by atoms with Crippen LogP contribution in [0.3, 0.4) is 0 Å². The molecule has 0 aliphatic carbocycles. The lowest BCUT2D eigenvalue weighted by atomic mass is 10.1. The van der Waals surface area contributed by atoms with Crippen molar-refractivity contribution in [1.29, 1.82) is 0 Å². The third kappa shape index (κ3) is 3.82. The number of rotatable bonds is 4. The summed E-state index contributed by atoms with van der Waals surface area (Å²) in [5.74, 6) is 0.874. The number of benzene rings is 1. The highest BCUT2D eigenvalue weighted by atomic mass is 32.2. The third-order valence-corrected chi connectivity index (χ3v) is 4.00. The van der Waals surface area contributed by atoms with Crippen molar-refractivity contribution >= 4 is 11.8 Å². The van der Waals surface area contributed by atoms with Gasteiger partial charge in [0.1, 0.15) is 5.03 Å². The number of aliphatic hydroxyl groups is 1. The highest BCUT2D eigenvalue weighted by Gasteiger charge is 2.09. The number of aliphatic hydroxyl groups excluding tert-OH is 1. The van der Waals surface area contributed by atoms with Crippen molar-refractivity contribution in [3.63, 3.8) is 0 Å². The molecule has 0 amide bonds. The average Bonchev–Trinajstić information content (AvgIpc) is 2.35. The Balaban J connectivity index is 2.14. The van der Waals surface area contributed by atoms with Gasteiger partial charge in [0.05, 0.1) is 6.10 Å². The first-order chi connectivity index (χ1) is 9.06. The van der Waals surface area contributed by atoms with Gasteiger partial charge < -0.3 is 5.11 Å². The van der Waals surface area contributed by atoms with E-state index in [9.17, 15) is 5.11 Å². The lowest BCUT2D eigenvalue weighted by Crippen LogP contribution is -1.96. The number of nitrogens with zero attached hydrogens (tertiary/aromatic N) is 1. The summed E-state index contributed by atoms with van der Waals surface area (Å²) in [5.41, 5.74) is 4.77. The molecular formula is C16H19NOS. The molecule has 1 aromatic carbocycles. The van der Waals surface area contributed by atoms with Gasteiger partial charge in [0.15, 0.2) is 0 Å². The van der Waals surface area contributed by atoms with Crippen LogP contribution in [0.5, 0.6) is 0 Å². The predicted molar refractivity (Wildman–Crippen MR) is 80.3 cm³/mol. The van der Waals surface area contributed by atoms with Crippen molar-refractivity contribution in [2.45, 2.75) is 37.7 Å². The third-order valence-electron chi connectivity index (χ3n) is 2.91. The Morgan fingerprint density at radius 3 is 2.53 bits per heavy atom. The summed E-state index contributed by atoms with van der Waals surface area (Å²) in [7, 11) is 0. The minimum atomic E-state index is -0.476. The second kappa shape index (κ2) is 6.22. The van der Waals surface area contributed by atoms with Gasteiger partial charge in [-0.15, -0.1) is 11.8 Å². The summed E-state index contributed by atoms with van der Waals surface area (Å²) in [6.45, 7) is 6.00. The van der Waals surface area contributed by atoms with E-state index in [2.05, 4.69) is 37.0 Å². The molecule has 1 N–H and O–H groups in total. The van der Waals surface area contributed by atoms with Crippen molar-refractivity contribution in [1.82, 2.24) is 4.98 Å². The van der Waals surface area contributed by atoms with Crippen LogP contribution < -0.4 is 0 Å². The van der Waals surface area contributed by atoms with Gasteiger partial charge in [-0.25, -0.2) is 4.98 Å². The smallest absolute Gasteiger partial charge is 0.102 e. The van der Waals surface area contributed by atoms with Crippen molar-refractivity contribution in [3.05, 3.63) is 58.8 Å². The first-order valence-corrected chi connectivity index (χ1v) is 7.38. The highest BCUT2D eigenvalue weighted by Crippen LogP contribution is 2.28. The predicted octanol–water partition coefficient (Wildman–Crippen LogP) is 4.04. The molecule has 0 spiro atoms. The minimum Gasteiger partial charge on any atom is -0.389 e. The molecule has 2 nitrogen and oxygen atoms in total. The number of aryl methyl sites for hydroxylation is 2. The number of aromatic nitrogens is 1. The molecule has 0 bridgehead atoms. The van der Waals surface area contributed by atoms with Crippen LogP contribution in [0.1, 0.15) is 35.3 Å². The normalized spacial score (nSPS) is 12.4. The lowest BCUT2D eigenvalue weighted by molar-refractivity contribution is 0.195. The molecule has 0 unspecified atom stereocenters. The molecule has 2 aromatic rings. The Labute approximate surface area is 118 Å². The van der Waals surface area contributed by atoms with Gasteiger partial charge in [0.25, 0.3) is 0 Å². The van der Waals surface area contributed by atoms with Gasteiger partial charge in [-0.1, -0.05) is 35.4 Å². The van der Waals surface area contributed by atoms with E-state index in [1.807, 2.05) is 12.1 Å².